The molecule has 2 aromatic heterocycles. The number of anilines is 1. The molecule has 0 radical (unpaired) electrons. The number of aliphatic carboxylic acids is 2. The number of hydrogen-bond donors (Lipinski definition) is 4. The average Bonchev–Trinajstić information content (AvgIpc) is 3.53. The van der Waals surface area contributed by atoms with E-state index in [9.17, 15) is 26.3 Å². The molecule has 2 fully saturated rings. The van der Waals surface area contributed by atoms with E-state index in [1.54, 1.807) is 0 Å². The first kappa shape index (κ1) is 28.1. The molecule has 0 aromatic carbocycles. The summed E-state index contributed by atoms with van der Waals surface area (Å²) in [6.07, 6.45) is -3.21. The van der Waals surface area contributed by atoms with Gasteiger partial charge in [-0.2, -0.15) is 26.3 Å². The average molecular weight is 513 g/mol. The van der Waals surface area contributed by atoms with E-state index in [4.69, 9.17) is 24.8 Å². The van der Waals surface area contributed by atoms with Crippen molar-refractivity contribution in [3.8, 4) is 0 Å². The van der Waals surface area contributed by atoms with Crippen molar-refractivity contribution in [3.63, 3.8) is 0 Å². The van der Waals surface area contributed by atoms with E-state index in [1.807, 2.05) is 6.33 Å². The number of piperidine rings is 1. The van der Waals surface area contributed by atoms with Crippen molar-refractivity contribution in [1.82, 2.24) is 19.9 Å². The van der Waals surface area contributed by atoms with Crippen molar-refractivity contribution in [3.05, 3.63) is 18.1 Å². The molecule has 2 aliphatic rings. The predicted octanol–water partition coefficient (Wildman–Crippen LogP) is 3.52. The smallest absolute Gasteiger partial charge is 0.475 e. The lowest BCUT2D eigenvalue weighted by Crippen LogP contribution is -2.27. The minimum atomic E-state index is -5.08. The van der Waals surface area contributed by atoms with Gasteiger partial charge in [0.15, 0.2) is 5.82 Å². The molecular weight excluding hydrogens is 488 g/mol. The SMILES string of the molecule is Cn1cnc2c(NCC3CC3)nc(C3CCNCC3)cc21.O=C(O)C(F)(F)F.O=C(O)C(F)(F)F. The molecule has 0 bridgehead atoms. The Balaban J connectivity index is 0.000000257. The van der Waals surface area contributed by atoms with E-state index in [0.717, 1.165) is 36.9 Å². The molecule has 1 aliphatic carbocycles. The highest BCUT2D eigenvalue weighted by atomic mass is 19.4. The largest absolute Gasteiger partial charge is 0.490 e. The molecule has 15 heteroatoms. The molecule has 0 amide bonds. The number of carboxylic acid groups (broad SMARTS) is 2. The summed E-state index contributed by atoms with van der Waals surface area (Å²) in [5.41, 5.74) is 3.43. The lowest BCUT2D eigenvalue weighted by atomic mass is 9.94. The molecular formula is C20H25F6N5O4. The fourth-order valence-corrected chi connectivity index (χ4v) is 3.16. The third-order valence-electron chi connectivity index (χ3n) is 5.23. The van der Waals surface area contributed by atoms with Crippen molar-refractivity contribution in [1.29, 1.82) is 0 Å². The number of hydrogen-bond acceptors (Lipinski definition) is 6. The lowest BCUT2D eigenvalue weighted by Gasteiger charge is -2.23. The summed E-state index contributed by atoms with van der Waals surface area (Å²) < 4.78 is 65.6. The predicted molar refractivity (Wildman–Crippen MR) is 112 cm³/mol. The van der Waals surface area contributed by atoms with Crippen LogP contribution in [0.1, 0.15) is 37.3 Å². The first-order valence-electron chi connectivity index (χ1n) is 10.6. The van der Waals surface area contributed by atoms with Gasteiger partial charge in [-0.15, -0.1) is 0 Å². The van der Waals surface area contributed by atoms with Crippen LogP contribution in [0.4, 0.5) is 32.2 Å². The molecule has 9 nitrogen and oxygen atoms in total. The molecule has 196 valence electrons. The highest BCUT2D eigenvalue weighted by molar-refractivity contribution is 5.86. The number of nitrogens with zero attached hydrogens (tertiary/aromatic N) is 3. The van der Waals surface area contributed by atoms with Gasteiger partial charge in [-0.05, 0) is 50.8 Å². The van der Waals surface area contributed by atoms with Crippen LogP contribution in [0.25, 0.3) is 11.0 Å². The van der Waals surface area contributed by atoms with Crippen LogP contribution in [-0.4, -0.2) is 68.7 Å². The zero-order valence-corrected chi connectivity index (χ0v) is 18.6. The quantitative estimate of drug-likeness (QED) is 0.457. The first-order chi connectivity index (χ1) is 16.2. The van der Waals surface area contributed by atoms with Crippen LogP contribution in [0, 0.1) is 5.92 Å². The number of rotatable bonds is 4. The van der Waals surface area contributed by atoms with Crippen LogP contribution in [-0.2, 0) is 16.6 Å². The highest BCUT2D eigenvalue weighted by Crippen LogP contribution is 2.32. The van der Waals surface area contributed by atoms with Crippen LogP contribution >= 0.6 is 0 Å². The van der Waals surface area contributed by atoms with Gasteiger partial charge in [0.05, 0.1) is 11.8 Å². The van der Waals surface area contributed by atoms with Gasteiger partial charge in [-0.3, -0.25) is 0 Å². The summed E-state index contributed by atoms with van der Waals surface area (Å²) in [6, 6.07) is 2.24. The minimum absolute atomic E-state index is 0.576. The van der Waals surface area contributed by atoms with Crippen molar-refractivity contribution in [2.45, 2.75) is 44.0 Å². The molecule has 1 saturated heterocycles. The topological polar surface area (TPSA) is 129 Å². The second kappa shape index (κ2) is 11.6. The molecule has 1 saturated carbocycles. The number of pyridine rings is 1. The maximum atomic E-state index is 10.6. The van der Waals surface area contributed by atoms with Crippen LogP contribution in [0.5, 0.6) is 0 Å². The van der Waals surface area contributed by atoms with Gasteiger partial charge < -0.3 is 25.4 Å². The Bertz CT molecular complexity index is 990. The zero-order chi connectivity index (χ0) is 26.4. The van der Waals surface area contributed by atoms with Gasteiger partial charge >= 0.3 is 24.3 Å². The zero-order valence-electron chi connectivity index (χ0n) is 18.6. The second-order valence-corrected chi connectivity index (χ2v) is 8.07. The number of fused-ring (bicyclic) bond motifs is 1. The number of carboxylic acids is 2. The summed E-state index contributed by atoms with van der Waals surface area (Å²) >= 11 is 0. The van der Waals surface area contributed by atoms with E-state index >= 15 is 0 Å². The Labute approximate surface area is 195 Å². The summed E-state index contributed by atoms with van der Waals surface area (Å²) in [6.45, 7) is 3.23. The summed E-state index contributed by atoms with van der Waals surface area (Å²) in [5, 5.41) is 21.2. The maximum absolute atomic E-state index is 10.6. The Morgan fingerprint density at radius 2 is 1.57 bits per heavy atom. The summed E-state index contributed by atoms with van der Waals surface area (Å²) in [7, 11) is 2.06. The number of aromatic nitrogens is 3. The van der Waals surface area contributed by atoms with Gasteiger partial charge in [-0.25, -0.2) is 19.6 Å². The van der Waals surface area contributed by atoms with Gasteiger partial charge in [0.2, 0.25) is 0 Å². The molecule has 0 unspecified atom stereocenters. The molecule has 0 atom stereocenters. The van der Waals surface area contributed by atoms with Crippen LogP contribution < -0.4 is 10.6 Å². The first-order valence-corrected chi connectivity index (χ1v) is 10.6. The molecule has 35 heavy (non-hydrogen) atoms. The molecule has 4 rings (SSSR count). The normalized spacial score (nSPS) is 16.5. The molecule has 2 aromatic rings. The third-order valence-corrected chi connectivity index (χ3v) is 5.23. The third kappa shape index (κ3) is 8.88. The standard InChI is InChI=1S/C16H23N5.2C2HF3O2/c1-21-10-19-15-14(21)8-13(12-4-6-17-7-5-12)20-16(15)18-9-11-2-3-11;2*3-2(4,5)1(6)7/h8,10-12,17H,2-7,9H2,1H3,(H,18,20);2*(H,6,7). The Morgan fingerprint density at radius 1 is 1.06 bits per heavy atom. The monoisotopic (exact) mass is 513 g/mol. The number of aryl methyl sites for hydroxylation is 1. The van der Waals surface area contributed by atoms with Gasteiger partial charge in [0.25, 0.3) is 0 Å². The Hall–Kier alpha value is -3.10. The number of halogens is 6. The minimum Gasteiger partial charge on any atom is -0.475 e. The fourth-order valence-electron chi connectivity index (χ4n) is 3.16. The van der Waals surface area contributed by atoms with E-state index < -0.39 is 24.3 Å². The second-order valence-electron chi connectivity index (χ2n) is 8.07. The summed E-state index contributed by atoms with van der Waals surface area (Å²) in [4.78, 5) is 27.2. The highest BCUT2D eigenvalue weighted by Gasteiger charge is 2.38. The van der Waals surface area contributed by atoms with E-state index in [2.05, 4.69) is 33.3 Å². The van der Waals surface area contributed by atoms with Crippen LogP contribution in [0.3, 0.4) is 0 Å². The van der Waals surface area contributed by atoms with Crippen LogP contribution in [0.2, 0.25) is 0 Å². The Morgan fingerprint density at radius 3 is 2.03 bits per heavy atom. The number of nitrogens with one attached hydrogen (secondary N) is 2. The van der Waals surface area contributed by atoms with Crippen molar-refractivity contribution in [2.75, 3.05) is 25.0 Å². The van der Waals surface area contributed by atoms with Gasteiger partial charge in [0.1, 0.15) is 5.52 Å². The van der Waals surface area contributed by atoms with Gasteiger partial charge in [-0.1, -0.05) is 0 Å². The van der Waals surface area contributed by atoms with Crippen LogP contribution in [0.15, 0.2) is 12.4 Å². The maximum Gasteiger partial charge on any atom is 0.490 e. The van der Waals surface area contributed by atoms with E-state index in [1.165, 1.54) is 36.9 Å². The molecule has 3 heterocycles. The number of alkyl halides is 6. The Kier molecular flexibility index (Phi) is 9.29. The summed E-state index contributed by atoms with van der Waals surface area (Å²) in [5.74, 6) is -3.12. The van der Waals surface area contributed by atoms with Crippen molar-refractivity contribution in [2.24, 2.45) is 13.0 Å². The number of imidazole rings is 1. The molecule has 1 aliphatic heterocycles. The van der Waals surface area contributed by atoms with E-state index in [0.29, 0.717) is 5.92 Å². The van der Waals surface area contributed by atoms with Crippen molar-refractivity contribution < 1.29 is 46.1 Å². The molecule has 0 spiro atoms. The van der Waals surface area contributed by atoms with Gasteiger partial charge in [0, 0.05) is 25.2 Å². The fraction of sp³-hybridized carbons (Fsp3) is 0.600. The number of carbonyl (C=O) groups is 2. The lowest BCUT2D eigenvalue weighted by molar-refractivity contribution is -0.193. The van der Waals surface area contributed by atoms with E-state index in [-0.39, 0.29) is 0 Å². The van der Waals surface area contributed by atoms with Crippen molar-refractivity contribution >= 4 is 28.8 Å². The molecule has 4 N–H and O–H groups in total.